The zero-order chi connectivity index (χ0) is 18.8. The molecule has 1 aromatic carbocycles. The number of nitrogens with one attached hydrogen (secondary N) is 1. The van der Waals surface area contributed by atoms with Crippen LogP contribution in [0.2, 0.25) is 0 Å². The van der Waals surface area contributed by atoms with Gasteiger partial charge >= 0.3 is 0 Å². The number of carbonyl (C=O) groups excluding carboxylic acids is 1. The number of aliphatic hydroxyl groups is 1. The van der Waals surface area contributed by atoms with E-state index in [0.717, 1.165) is 24.2 Å². The number of aryl methyl sites for hydroxylation is 1. The first-order chi connectivity index (χ1) is 13.1. The molecule has 140 valence electrons. The molecular formula is C21H24N4O2. The molecule has 1 fully saturated rings. The number of carbonyl (C=O) groups is 1. The zero-order valence-corrected chi connectivity index (χ0v) is 15.3. The van der Waals surface area contributed by atoms with Gasteiger partial charge in [-0.05, 0) is 49.9 Å². The lowest BCUT2D eigenvalue weighted by atomic mass is 10.1. The lowest BCUT2D eigenvalue weighted by molar-refractivity contribution is 0.0872. The molecule has 1 aliphatic rings. The van der Waals surface area contributed by atoms with Crippen molar-refractivity contribution in [2.24, 2.45) is 5.92 Å². The van der Waals surface area contributed by atoms with E-state index in [1.54, 1.807) is 12.5 Å². The van der Waals surface area contributed by atoms with Crippen LogP contribution in [0.25, 0.3) is 5.69 Å². The van der Waals surface area contributed by atoms with Crippen LogP contribution >= 0.6 is 0 Å². The molecule has 27 heavy (non-hydrogen) atoms. The Bertz CT molecular complexity index is 902. The molecule has 3 aromatic rings. The minimum absolute atomic E-state index is 0.144. The van der Waals surface area contributed by atoms with Gasteiger partial charge in [-0.25, -0.2) is 4.98 Å². The summed E-state index contributed by atoms with van der Waals surface area (Å²) in [6.45, 7) is 2.78. The number of nitrogens with zero attached hydrogens (tertiary/aromatic N) is 3. The maximum absolute atomic E-state index is 13.0. The molecule has 0 spiro atoms. The normalized spacial score (nSPS) is 22.1. The van der Waals surface area contributed by atoms with E-state index in [-0.39, 0.29) is 11.9 Å². The van der Waals surface area contributed by atoms with E-state index in [9.17, 15) is 9.90 Å². The molecule has 0 aliphatic heterocycles. The highest BCUT2D eigenvalue weighted by atomic mass is 16.3. The third-order valence-corrected chi connectivity index (χ3v) is 5.25. The van der Waals surface area contributed by atoms with Gasteiger partial charge < -0.3 is 19.6 Å². The van der Waals surface area contributed by atoms with Crippen LogP contribution in [0.1, 0.15) is 28.8 Å². The summed E-state index contributed by atoms with van der Waals surface area (Å²) in [4.78, 5) is 17.0. The molecule has 2 heterocycles. The smallest absolute Gasteiger partial charge is 0.253 e. The summed E-state index contributed by atoms with van der Waals surface area (Å²) >= 11 is 0. The van der Waals surface area contributed by atoms with E-state index < -0.39 is 6.10 Å². The average molecular weight is 364 g/mol. The molecule has 2 aromatic heterocycles. The van der Waals surface area contributed by atoms with Crippen molar-refractivity contribution in [3.8, 4) is 5.69 Å². The zero-order valence-electron chi connectivity index (χ0n) is 15.3. The summed E-state index contributed by atoms with van der Waals surface area (Å²) in [5, 5.41) is 13.5. The maximum Gasteiger partial charge on any atom is 0.253 e. The molecule has 1 amide bonds. The first-order valence-corrected chi connectivity index (χ1v) is 9.29. The van der Waals surface area contributed by atoms with Crippen molar-refractivity contribution in [2.75, 3.05) is 0 Å². The Balaban J connectivity index is 1.49. The van der Waals surface area contributed by atoms with Crippen molar-refractivity contribution < 1.29 is 9.90 Å². The van der Waals surface area contributed by atoms with Crippen LogP contribution in [0.3, 0.4) is 0 Å². The Labute approximate surface area is 158 Å². The monoisotopic (exact) mass is 364 g/mol. The van der Waals surface area contributed by atoms with E-state index in [4.69, 9.17) is 0 Å². The lowest BCUT2D eigenvalue weighted by Gasteiger charge is -2.18. The lowest BCUT2D eigenvalue weighted by Crippen LogP contribution is -2.40. The number of aromatic nitrogens is 3. The summed E-state index contributed by atoms with van der Waals surface area (Å²) < 4.78 is 3.95. The van der Waals surface area contributed by atoms with Gasteiger partial charge in [-0.15, -0.1) is 0 Å². The molecule has 3 atom stereocenters. The summed E-state index contributed by atoms with van der Waals surface area (Å²) in [5.74, 6) is 0.177. The van der Waals surface area contributed by atoms with Crippen LogP contribution in [0, 0.1) is 12.8 Å². The number of hydrogen-bond acceptors (Lipinski definition) is 3. The van der Waals surface area contributed by atoms with Gasteiger partial charge in [0.25, 0.3) is 5.91 Å². The molecular weight excluding hydrogens is 340 g/mol. The van der Waals surface area contributed by atoms with Crippen molar-refractivity contribution in [2.45, 2.75) is 38.5 Å². The molecule has 1 aliphatic carbocycles. The largest absolute Gasteiger partial charge is 0.391 e. The van der Waals surface area contributed by atoms with Gasteiger partial charge in [0.2, 0.25) is 0 Å². The second-order valence-electron chi connectivity index (χ2n) is 7.36. The highest BCUT2D eigenvalue weighted by molar-refractivity contribution is 5.98. The van der Waals surface area contributed by atoms with Crippen LogP contribution in [0.15, 0.2) is 61.4 Å². The second-order valence-corrected chi connectivity index (χ2v) is 7.36. The molecule has 4 rings (SSSR count). The Morgan fingerprint density at radius 1 is 1.26 bits per heavy atom. The molecule has 1 unspecified atom stereocenters. The number of rotatable bonds is 5. The van der Waals surface area contributed by atoms with Crippen LogP contribution in [-0.4, -0.2) is 37.3 Å². The van der Waals surface area contributed by atoms with Crippen LogP contribution < -0.4 is 5.32 Å². The predicted octanol–water partition coefficient (Wildman–Crippen LogP) is 2.55. The van der Waals surface area contributed by atoms with Gasteiger partial charge in [0.05, 0.1) is 29.7 Å². The van der Waals surface area contributed by atoms with E-state index in [1.807, 2.05) is 65.0 Å². The SMILES string of the molecule is Cc1ccc(-n2cccc2)c(C(=O)N[C@@H]2CC(Cn3ccnc3)C[C@H]2O)c1. The Kier molecular flexibility index (Phi) is 4.81. The van der Waals surface area contributed by atoms with E-state index >= 15 is 0 Å². The number of aliphatic hydroxyl groups excluding tert-OH is 1. The van der Waals surface area contributed by atoms with Gasteiger partial charge in [0.15, 0.2) is 0 Å². The molecule has 0 radical (unpaired) electrons. The second kappa shape index (κ2) is 7.40. The molecule has 6 nitrogen and oxygen atoms in total. The van der Waals surface area contributed by atoms with Crippen molar-refractivity contribution in [1.82, 2.24) is 19.4 Å². The molecule has 0 saturated heterocycles. The topological polar surface area (TPSA) is 72.1 Å². The third kappa shape index (κ3) is 3.80. The highest BCUT2D eigenvalue weighted by Gasteiger charge is 2.34. The van der Waals surface area contributed by atoms with Gasteiger partial charge in [-0.2, -0.15) is 0 Å². The van der Waals surface area contributed by atoms with Gasteiger partial charge in [0, 0.05) is 31.3 Å². The molecule has 6 heteroatoms. The summed E-state index contributed by atoms with van der Waals surface area (Å²) in [7, 11) is 0. The molecule has 1 saturated carbocycles. The van der Waals surface area contributed by atoms with Crippen molar-refractivity contribution in [3.63, 3.8) is 0 Å². The van der Waals surface area contributed by atoms with Crippen molar-refractivity contribution in [1.29, 1.82) is 0 Å². The van der Waals surface area contributed by atoms with E-state index in [1.165, 1.54) is 0 Å². The van der Waals surface area contributed by atoms with Crippen LogP contribution in [0.5, 0.6) is 0 Å². The molecule has 0 bridgehead atoms. The maximum atomic E-state index is 13.0. The number of amides is 1. The van der Waals surface area contributed by atoms with Crippen molar-refractivity contribution in [3.05, 3.63) is 72.6 Å². The quantitative estimate of drug-likeness (QED) is 0.731. The summed E-state index contributed by atoms with van der Waals surface area (Å²) in [6.07, 6.45) is 10.2. The summed E-state index contributed by atoms with van der Waals surface area (Å²) in [6, 6.07) is 9.49. The standard InChI is InChI=1S/C21H24N4O2/c1-15-4-5-19(25-7-2-3-8-25)17(10-15)21(27)23-18-11-16(12-20(18)26)13-24-9-6-22-14-24/h2-10,14,16,18,20,26H,11-13H2,1H3,(H,23,27)/t16?,18-,20-/m1/s1. The molecule has 2 N–H and O–H groups in total. The van der Waals surface area contributed by atoms with Crippen molar-refractivity contribution >= 4 is 5.91 Å². The minimum atomic E-state index is -0.526. The fourth-order valence-electron chi connectivity index (χ4n) is 3.91. The van der Waals surface area contributed by atoms with Gasteiger partial charge in [0.1, 0.15) is 0 Å². The number of hydrogen-bond donors (Lipinski definition) is 2. The Morgan fingerprint density at radius 3 is 2.81 bits per heavy atom. The first-order valence-electron chi connectivity index (χ1n) is 9.29. The fourth-order valence-corrected chi connectivity index (χ4v) is 3.91. The highest BCUT2D eigenvalue weighted by Crippen LogP contribution is 2.28. The summed E-state index contributed by atoms with van der Waals surface area (Å²) in [5.41, 5.74) is 2.49. The van der Waals surface area contributed by atoms with E-state index in [2.05, 4.69) is 10.3 Å². The average Bonchev–Trinajstić information content (AvgIpc) is 3.39. The number of benzene rings is 1. The Hall–Kier alpha value is -2.86. The first kappa shape index (κ1) is 17.5. The predicted molar refractivity (Wildman–Crippen MR) is 103 cm³/mol. The number of imidazole rings is 1. The van der Waals surface area contributed by atoms with Crippen LogP contribution in [0.4, 0.5) is 0 Å². The van der Waals surface area contributed by atoms with Gasteiger partial charge in [-0.1, -0.05) is 11.6 Å². The van der Waals surface area contributed by atoms with E-state index in [0.29, 0.717) is 17.9 Å². The van der Waals surface area contributed by atoms with Crippen LogP contribution in [-0.2, 0) is 6.54 Å². The third-order valence-electron chi connectivity index (χ3n) is 5.25. The fraction of sp³-hybridized carbons (Fsp3) is 0.333. The Morgan fingerprint density at radius 2 is 2.07 bits per heavy atom. The van der Waals surface area contributed by atoms with Gasteiger partial charge in [-0.3, -0.25) is 4.79 Å². The minimum Gasteiger partial charge on any atom is -0.391 e.